The fraction of sp³-hybridized carbons (Fsp3) is 0.476. The molecule has 0 spiro atoms. The number of carbonyl (C=O) groups is 2. The number of aryl methyl sites for hydroxylation is 2. The zero-order chi connectivity index (χ0) is 22.4. The fourth-order valence-electron chi connectivity index (χ4n) is 3.69. The summed E-state index contributed by atoms with van der Waals surface area (Å²) in [5.74, 6) is -0.128. The van der Waals surface area contributed by atoms with Crippen LogP contribution in [-0.4, -0.2) is 75.7 Å². The van der Waals surface area contributed by atoms with E-state index in [0.717, 1.165) is 29.9 Å². The first-order valence-corrected chi connectivity index (χ1v) is 10.2. The summed E-state index contributed by atoms with van der Waals surface area (Å²) in [7, 11) is 3.30. The molecule has 2 N–H and O–H groups in total. The van der Waals surface area contributed by atoms with Crippen molar-refractivity contribution in [1.29, 1.82) is 0 Å². The maximum atomic E-state index is 13.0. The molecular formula is C21H28N6O4. The molecule has 31 heavy (non-hydrogen) atoms. The van der Waals surface area contributed by atoms with E-state index in [2.05, 4.69) is 20.3 Å². The van der Waals surface area contributed by atoms with Gasteiger partial charge in [-0.05, 0) is 31.4 Å². The van der Waals surface area contributed by atoms with E-state index in [1.807, 2.05) is 26.1 Å². The molecule has 10 nitrogen and oxygen atoms in total. The quantitative estimate of drug-likeness (QED) is 0.590. The van der Waals surface area contributed by atoms with Crippen LogP contribution in [-0.2, 0) is 11.2 Å². The molecule has 2 aromatic rings. The number of carboxylic acids is 1. The minimum Gasteiger partial charge on any atom is -0.481 e. The topological polar surface area (TPSA) is 121 Å². The maximum absolute atomic E-state index is 13.0. The zero-order valence-electron chi connectivity index (χ0n) is 18.0. The second kappa shape index (κ2) is 10.1. The van der Waals surface area contributed by atoms with E-state index < -0.39 is 12.0 Å². The number of anilines is 1. The number of rotatable bonds is 10. The van der Waals surface area contributed by atoms with Crippen molar-refractivity contribution in [1.82, 2.24) is 24.8 Å². The van der Waals surface area contributed by atoms with Crippen LogP contribution in [0.25, 0.3) is 0 Å². The van der Waals surface area contributed by atoms with Crippen molar-refractivity contribution in [2.45, 2.75) is 32.2 Å². The number of urea groups is 1. The number of nitrogens with zero attached hydrogens (tertiary/aromatic N) is 5. The molecule has 0 aromatic carbocycles. The lowest BCUT2D eigenvalue weighted by atomic mass is 10.1. The maximum Gasteiger partial charge on any atom is 0.320 e. The highest BCUT2D eigenvalue weighted by atomic mass is 16.5. The van der Waals surface area contributed by atoms with Crippen LogP contribution in [0.3, 0.4) is 0 Å². The second-order valence-electron chi connectivity index (χ2n) is 7.40. The van der Waals surface area contributed by atoms with Gasteiger partial charge in [0.15, 0.2) is 0 Å². The Bertz CT molecular complexity index is 921. The molecule has 1 aliphatic rings. The third-order valence-corrected chi connectivity index (χ3v) is 5.34. The molecule has 0 radical (unpaired) electrons. The summed E-state index contributed by atoms with van der Waals surface area (Å²) in [4.78, 5) is 40.4. The third kappa shape index (κ3) is 5.39. The first-order valence-electron chi connectivity index (χ1n) is 10.2. The van der Waals surface area contributed by atoms with Gasteiger partial charge in [0.05, 0.1) is 19.6 Å². The Morgan fingerprint density at radius 2 is 2.03 bits per heavy atom. The van der Waals surface area contributed by atoms with Crippen LogP contribution in [0.5, 0.6) is 6.01 Å². The SMILES string of the molecule is CNc1nc(CCCN2CCN(C(CC(=O)O)c3cnc(OC)nc3)C2=O)ccc1C. The molecule has 1 unspecified atom stereocenters. The minimum atomic E-state index is -0.988. The number of carboxylic acid groups (broad SMARTS) is 1. The Morgan fingerprint density at radius 1 is 1.29 bits per heavy atom. The average Bonchev–Trinajstić information content (AvgIpc) is 3.13. The van der Waals surface area contributed by atoms with Crippen LogP contribution in [0.1, 0.15) is 35.7 Å². The number of carbonyl (C=O) groups excluding carboxylic acids is 1. The Kier molecular flexibility index (Phi) is 7.22. The van der Waals surface area contributed by atoms with Crippen molar-refractivity contribution in [3.63, 3.8) is 0 Å². The van der Waals surface area contributed by atoms with Crippen molar-refractivity contribution < 1.29 is 19.4 Å². The van der Waals surface area contributed by atoms with Gasteiger partial charge in [0.25, 0.3) is 0 Å². The molecule has 2 amide bonds. The average molecular weight is 428 g/mol. The van der Waals surface area contributed by atoms with Gasteiger partial charge in [-0.2, -0.15) is 0 Å². The van der Waals surface area contributed by atoms with Crippen LogP contribution in [0.2, 0.25) is 0 Å². The number of amides is 2. The van der Waals surface area contributed by atoms with E-state index in [1.54, 1.807) is 9.80 Å². The number of ether oxygens (including phenoxy) is 1. The van der Waals surface area contributed by atoms with E-state index in [1.165, 1.54) is 19.5 Å². The molecule has 0 bridgehead atoms. The molecule has 166 valence electrons. The predicted molar refractivity (Wildman–Crippen MR) is 114 cm³/mol. The molecule has 1 aliphatic heterocycles. The van der Waals surface area contributed by atoms with Crippen molar-refractivity contribution in [2.75, 3.05) is 39.1 Å². The largest absolute Gasteiger partial charge is 0.481 e. The summed E-state index contributed by atoms with van der Waals surface area (Å²) in [5, 5.41) is 12.4. The van der Waals surface area contributed by atoms with Crippen molar-refractivity contribution >= 4 is 17.8 Å². The number of methoxy groups -OCH3 is 1. The molecule has 0 saturated carbocycles. The standard InChI is InChI=1S/C21H28N6O4/c1-14-6-7-16(25-19(14)22-2)5-4-8-26-9-10-27(21(26)30)17(11-18(28)29)15-12-23-20(31-3)24-13-15/h6-7,12-13,17H,4-5,8-11H2,1-3H3,(H,22,25)(H,28,29). The number of hydrogen-bond acceptors (Lipinski definition) is 7. The first kappa shape index (κ1) is 22.3. The van der Waals surface area contributed by atoms with Gasteiger partial charge in [-0.1, -0.05) is 6.07 Å². The Hall–Kier alpha value is -3.43. The van der Waals surface area contributed by atoms with Gasteiger partial charge in [0.2, 0.25) is 0 Å². The lowest BCUT2D eigenvalue weighted by Crippen LogP contribution is -2.36. The highest BCUT2D eigenvalue weighted by molar-refractivity contribution is 5.78. The summed E-state index contributed by atoms with van der Waals surface area (Å²) < 4.78 is 4.96. The van der Waals surface area contributed by atoms with Gasteiger partial charge in [-0.15, -0.1) is 0 Å². The summed E-state index contributed by atoms with van der Waals surface area (Å²) in [5.41, 5.74) is 2.63. The number of aromatic nitrogens is 3. The molecule has 1 atom stereocenters. The Morgan fingerprint density at radius 3 is 2.68 bits per heavy atom. The normalized spacial score (nSPS) is 14.6. The number of pyridine rings is 1. The molecular weight excluding hydrogens is 400 g/mol. The predicted octanol–water partition coefficient (Wildman–Crippen LogP) is 2.12. The van der Waals surface area contributed by atoms with E-state index in [4.69, 9.17) is 4.74 Å². The van der Waals surface area contributed by atoms with E-state index in [9.17, 15) is 14.7 Å². The van der Waals surface area contributed by atoms with Gasteiger partial charge in [0, 0.05) is 50.3 Å². The fourth-order valence-corrected chi connectivity index (χ4v) is 3.69. The molecule has 2 aromatic heterocycles. The smallest absolute Gasteiger partial charge is 0.320 e. The van der Waals surface area contributed by atoms with Crippen LogP contribution < -0.4 is 10.1 Å². The van der Waals surface area contributed by atoms with Crippen LogP contribution >= 0.6 is 0 Å². The Balaban J connectivity index is 1.62. The van der Waals surface area contributed by atoms with Gasteiger partial charge < -0.3 is 25.0 Å². The van der Waals surface area contributed by atoms with Crippen LogP contribution in [0.15, 0.2) is 24.5 Å². The molecule has 3 rings (SSSR count). The number of hydrogen-bond donors (Lipinski definition) is 2. The highest BCUT2D eigenvalue weighted by Gasteiger charge is 2.35. The van der Waals surface area contributed by atoms with E-state index in [0.29, 0.717) is 25.2 Å². The highest BCUT2D eigenvalue weighted by Crippen LogP contribution is 2.28. The number of aliphatic carboxylic acids is 1. The number of nitrogens with one attached hydrogen (secondary N) is 1. The summed E-state index contributed by atoms with van der Waals surface area (Å²) in [6.07, 6.45) is 4.34. The van der Waals surface area contributed by atoms with Crippen molar-refractivity contribution in [2.24, 2.45) is 0 Å². The van der Waals surface area contributed by atoms with Crippen LogP contribution in [0.4, 0.5) is 10.6 Å². The van der Waals surface area contributed by atoms with Crippen LogP contribution in [0, 0.1) is 6.92 Å². The van der Waals surface area contributed by atoms with E-state index in [-0.39, 0.29) is 18.5 Å². The summed E-state index contributed by atoms with van der Waals surface area (Å²) in [6, 6.07) is 3.43. The zero-order valence-corrected chi connectivity index (χ0v) is 18.0. The molecule has 1 fully saturated rings. The summed E-state index contributed by atoms with van der Waals surface area (Å²) >= 11 is 0. The lowest BCUT2D eigenvalue weighted by molar-refractivity contribution is -0.138. The molecule has 3 heterocycles. The molecule has 0 aliphatic carbocycles. The van der Waals surface area contributed by atoms with Gasteiger partial charge >= 0.3 is 18.0 Å². The monoisotopic (exact) mass is 428 g/mol. The van der Waals surface area contributed by atoms with E-state index >= 15 is 0 Å². The minimum absolute atomic E-state index is 0.171. The van der Waals surface area contributed by atoms with Gasteiger partial charge in [-0.3, -0.25) is 4.79 Å². The first-order chi connectivity index (χ1) is 14.9. The second-order valence-corrected chi connectivity index (χ2v) is 7.40. The summed E-state index contributed by atoms with van der Waals surface area (Å²) in [6.45, 7) is 3.59. The third-order valence-electron chi connectivity index (χ3n) is 5.34. The Labute approximate surface area is 181 Å². The van der Waals surface area contributed by atoms with Crippen molar-refractivity contribution in [3.05, 3.63) is 41.3 Å². The molecule has 10 heteroatoms. The van der Waals surface area contributed by atoms with Gasteiger partial charge in [0.1, 0.15) is 5.82 Å². The van der Waals surface area contributed by atoms with Gasteiger partial charge in [-0.25, -0.2) is 19.7 Å². The lowest BCUT2D eigenvalue weighted by Gasteiger charge is -2.27. The molecule has 1 saturated heterocycles. The van der Waals surface area contributed by atoms with Crippen molar-refractivity contribution in [3.8, 4) is 6.01 Å².